The monoisotopic (exact) mass is 514 g/mol. The van der Waals surface area contributed by atoms with Crippen LogP contribution >= 0.6 is 23.2 Å². The highest BCUT2D eigenvalue weighted by Gasteiger charge is 2.41. The van der Waals surface area contributed by atoms with Gasteiger partial charge in [0.1, 0.15) is 11.5 Å². The number of ether oxygens (including phenoxy) is 1. The number of aromatic carboxylic acids is 1. The molecule has 4 N–H and O–H groups in total. The lowest BCUT2D eigenvalue weighted by Gasteiger charge is -2.38. The molecule has 0 fully saturated rings. The fraction of sp³-hybridized carbons (Fsp3) is 0.321. The minimum atomic E-state index is -0.972. The molecule has 5 nitrogen and oxygen atoms in total. The molecule has 35 heavy (non-hydrogen) atoms. The normalized spacial score (nSPS) is 20.0. The summed E-state index contributed by atoms with van der Waals surface area (Å²) in [4.78, 5) is 14.4. The van der Waals surface area contributed by atoms with Crippen LogP contribution in [0, 0.1) is 5.41 Å². The van der Waals surface area contributed by atoms with E-state index in [0.29, 0.717) is 17.1 Å². The molecule has 2 unspecified atom stereocenters. The lowest BCUT2D eigenvalue weighted by molar-refractivity contribution is 0.0696. The smallest absolute Gasteiger partial charge is 0.336 e. The van der Waals surface area contributed by atoms with Gasteiger partial charge in [0.15, 0.2) is 0 Å². The Kier molecular flexibility index (Phi) is 8.05. The van der Waals surface area contributed by atoms with Crippen LogP contribution in [0.15, 0.2) is 72.0 Å². The Morgan fingerprint density at radius 2 is 1.71 bits per heavy atom. The number of carboxylic acids is 1. The minimum absolute atomic E-state index is 0. The first-order chi connectivity index (χ1) is 16.2. The van der Waals surface area contributed by atoms with Gasteiger partial charge < -0.3 is 20.9 Å². The highest BCUT2D eigenvalue weighted by atomic mass is 35.5. The van der Waals surface area contributed by atoms with Crippen LogP contribution in [0.25, 0.3) is 5.57 Å². The standard InChI is InChI=1S/C28H29Cl2NO3.H3N/c1-5-31(6-2)19-11-12-22-24(15-19)34-25-16-28(17(3)29,18(4)30)14-13-23(25)26(22)20-9-7-8-10-21(20)27(32)33;/h7-18H,5-6H2,1-4H3,(H,32,33);1H3. The van der Waals surface area contributed by atoms with Gasteiger partial charge in [0, 0.05) is 57.7 Å². The Labute approximate surface area is 217 Å². The van der Waals surface area contributed by atoms with Crippen molar-refractivity contribution in [2.45, 2.75) is 38.4 Å². The molecule has 0 spiro atoms. The maximum absolute atomic E-state index is 12.1. The van der Waals surface area contributed by atoms with Gasteiger partial charge in [0.05, 0.1) is 5.56 Å². The van der Waals surface area contributed by atoms with Crippen LogP contribution < -0.4 is 15.8 Å². The zero-order valence-corrected chi connectivity index (χ0v) is 22.0. The topological polar surface area (TPSA) is 84.8 Å². The second-order valence-electron chi connectivity index (χ2n) is 8.67. The van der Waals surface area contributed by atoms with Crippen molar-refractivity contribution in [1.29, 1.82) is 0 Å². The van der Waals surface area contributed by atoms with Crippen molar-refractivity contribution in [3.8, 4) is 5.75 Å². The molecule has 7 heteroatoms. The number of benzene rings is 2. The Morgan fingerprint density at radius 1 is 1.06 bits per heavy atom. The Balaban J connectivity index is 0.00000342. The van der Waals surface area contributed by atoms with E-state index in [2.05, 4.69) is 24.8 Å². The molecule has 2 aliphatic rings. The van der Waals surface area contributed by atoms with Crippen molar-refractivity contribution < 1.29 is 14.6 Å². The van der Waals surface area contributed by atoms with Gasteiger partial charge in [0.25, 0.3) is 0 Å². The number of allylic oxidation sites excluding steroid dienone is 3. The molecule has 2 atom stereocenters. The molecule has 2 aromatic carbocycles. The van der Waals surface area contributed by atoms with E-state index in [4.69, 9.17) is 27.9 Å². The maximum atomic E-state index is 12.1. The van der Waals surface area contributed by atoms with Crippen molar-refractivity contribution in [2.24, 2.45) is 5.41 Å². The Morgan fingerprint density at radius 3 is 2.31 bits per heavy atom. The van der Waals surface area contributed by atoms with Gasteiger partial charge in [0.2, 0.25) is 0 Å². The number of halogens is 2. The van der Waals surface area contributed by atoms with Crippen LogP contribution in [-0.4, -0.2) is 34.9 Å². The summed E-state index contributed by atoms with van der Waals surface area (Å²) in [5.74, 6) is 0.352. The fourth-order valence-electron chi connectivity index (χ4n) is 4.79. The van der Waals surface area contributed by atoms with E-state index >= 15 is 0 Å². The molecule has 0 saturated carbocycles. The van der Waals surface area contributed by atoms with E-state index in [1.165, 1.54) is 0 Å². The number of carbonyl (C=O) groups is 1. The van der Waals surface area contributed by atoms with Crippen molar-refractivity contribution in [2.75, 3.05) is 18.0 Å². The lowest BCUT2D eigenvalue weighted by Crippen LogP contribution is -2.36. The van der Waals surface area contributed by atoms with Gasteiger partial charge in [-0.25, -0.2) is 4.79 Å². The molecule has 0 radical (unpaired) electrons. The molecule has 4 rings (SSSR count). The molecule has 186 valence electrons. The van der Waals surface area contributed by atoms with E-state index in [1.807, 2.05) is 56.3 Å². The van der Waals surface area contributed by atoms with E-state index < -0.39 is 11.4 Å². The minimum Gasteiger partial charge on any atom is -0.478 e. The summed E-state index contributed by atoms with van der Waals surface area (Å²) in [6.07, 6.45) is 5.99. The average molecular weight is 515 g/mol. The van der Waals surface area contributed by atoms with Crippen molar-refractivity contribution in [3.05, 3.63) is 88.7 Å². The summed E-state index contributed by atoms with van der Waals surface area (Å²) in [5.41, 5.74) is 3.83. The summed E-state index contributed by atoms with van der Waals surface area (Å²) in [6, 6.07) is 13.2. The predicted molar refractivity (Wildman–Crippen MR) is 145 cm³/mol. The zero-order chi connectivity index (χ0) is 24.6. The van der Waals surface area contributed by atoms with Gasteiger partial charge in [-0.3, -0.25) is 0 Å². The molecule has 0 amide bonds. The van der Waals surface area contributed by atoms with E-state index in [9.17, 15) is 9.90 Å². The number of nitrogens with zero attached hydrogens (tertiary/aromatic N) is 1. The largest absolute Gasteiger partial charge is 0.478 e. The van der Waals surface area contributed by atoms with Crippen LogP contribution in [-0.2, 0) is 0 Å². The van der Waals surface area contributed by atoms with Gasteiger partial charge in [-0.2, -0.15) is 0 Å². The summed E-state index contributed by atoms with van der Waals surface area (Å²) in [7, 11) is 0. The molecule has 2 aromatic rings. The third-order valence-corrected chi connectivity index (χ3v) is 7.60. The highest BCUT2D eigenvalue weighted by Crippen LogP contribution is 2.49. The number of fused-ring (bicyclic) bond motifs is 2. The SMILES string of the molecule is CCN(CC)c1ccc2c(c1)OC1=CC(C(C)Cl)(C(C)Cl)C=CC1=C2c1ccccc1C(=O)O.N. The first-order valence-corrected chi connectivity index (χ1v) is 12.5. The third-order valence-electron chi connectivity index (χ3n) is 6.84. The number of hydrogen-bond donors (Lipinski definition) is 2. The molecule has 0 saturated heterocycles. The van der Waals surface area contributed by atoms with Crippen LogP contribution in [0.3, 0.4) is 0 Å². The van der Waals surface area contributed by atoms with Crippen molar-refractivity contribution >= 4 is 40.4 Å². The third kappa shape index (κ3) is 4.61. The van der Waals surface area contributed by atoms with Gasteiger partial charge in [-0.05, 0) is 57.5 Å². The first-order valence-electron chi connectivity index (χ1n) is 11.6. The van der Waals surface area contributed by atoms with Crippen LogP contribution in [0.4, 0.5) is 5.69 Å². The number of alkyl halides is 2. The average Bonchev–Trinajstić information content (AvgIpc) is 2.82. The molecule has 1 aliphatic heterocycles. The summed E-state index contributed by atoms with van der Waals surface area (Å²) >= 11 is 13.3. The van der Waals surface area contributed by atoms with Crippen molar-refractivity contribution in [1.82, 2.24) is 6.15 Å². The van der Waals surface area contributed by atoms with Crippen LogP contribution in [0.2, 0.25) is 0 Å². The molecule has 0 aromatic heterocycles. The molecular formula is C28H32Cl2N2O3. The summed E-state index contributed by atoms with van der Waals surface area (Å²) in [6.45, 7) is 9.81. The second-order valence-corrected chi connectivity index (χ2v) is 9.98. The summed E-state index contributed by atoms with van der Waals surface area (Å²) < 4.78 is 6.48. The summed E-state index contributed by atoms with van der Waals surface area (Å²) in [5, 5.41) is 9.38. The van der Waals surface area contributed by atoms with E-state index in [1.54, 1.807) is 12.1 Å². The van der Waals surface area contributed by atoms with Gasteiger partial charge in [-0.1, -0.05) is 30.4 Å². The molecule has 1 heterocycles. The van der Waals surface area contributed by atoms with E-state index in [0.717, 1.165) is 35.5 Å². The van der Waals surface area contributed by atoms with E-state index in [-0.39, 0.29) is 22.5 Å². The first kappa shape index (κ1) is 26.9. The highest BCUT2D eigenvalue weighted by molar-refractivity contribution is 6.25. The molecule has 0 bridgehead atoms. The predicted octanol–water partition coefficient (Wildman–Crippen LogP) is 7.28. The second kappa shape index (κ2) is 10.5. The van der Waals surface area contributed by atoms with Crippen LogP contribution in [0.5, 0.6) is 5.75 Å². The molecule has 1 aliphatic carbocycles. The number of carboxylic acid groups (broad SMARTS) is 1. The fourth-order valence-corrected chi connectivity index (χ4v) is 5.51. The number of rotatable bonds is 7. The Hall–Kier alpha value is -2.73. The van der Waals surface area contributed by atoms with Crippen LogP contribution in [0.1, 0.15) is 49.2 Å². The molecular weight excluding hydrogens is 483 g/mol. The number of hydrogen-bond acceptors (Lipinski definition) is 4. The van der Waals surface area contributed by atoms with Crippen molar-refractivity contribution in [3.63, 3.8) is 0 Å². The van der Waals surface area contributed by atoms with Gasteiger partial charge in [-0.15, -0.1) is 23.2 Å². The quantitative estimate of drug-likeness (QED) is 0.379. The maximum Gasteiger partial charge on any atom is 0.336 e. The van der Waals surface area contributed by atoms with Gasteiger partial charge >= 0.3 is 5.97 Å². The Bertz CT molecular complexity index is 1200. The zero-order valence-electron chi connectivity index (χ0n) is 20.5. The lowest BCUT2D eigenvalue weighted by atomic mass is 9.75. The number of anilines is 1.